The van der Waals surface area contributed by atoms with Gasteiger partial charge < -0.3 is 14.4 Å². The lowest BCUT2D eigenvalue weighted by atomic mass is 10.0. The highest BCUT2D eigenvalue weighted by Crippen LogP contribution is 2.25. The Hall–Kier alpha value is -3.34. The number of imidazole rings is 1. The fourth-order valence-corrected chi connectivity index (χ4v) is 2.77. The van der Waals surface area contributed by atoms with Gasteiger partial charge in [-0.3, -0.25) is 0 Å². The van der Waals surface area contributed by atoms with E-state index in [1.54, 1.807) is 18.3 Å². The topological polar surface area (TPSA) is 53.7 Å². The van der Waals surface area contributed by atoms with Gasteiger partial charge in [-0.1, -0.05) is 24.3 Å². The summed E-state index contributed by atoms with van der Waals surface area (Å²) in [7, 11) is 3.96. The minimum atomic E-state index is 0.223. The zero-order valence-electron chi connectivity index (χ0n) is 14.1. The van der Waals surface area contributed by atoms with Crippen molar-refractivity contribution in [1.29, 1.82) is 0 Å². The van der Waals surface area contributed by atoms with Crippen molar-refractivity contribution in [2.75, 3.05) is 19.0 Å². The van der Waals surface area contributed by atoms with Crippen molar-refractivity contribution in [2.45, 2.75) is 0 Å². The van der Waals surface area contributed by atoms with E-state index in [1.807, 2.05) is 41.9 Å². The molecule has 0 atom stereocenters. The zero-order valence-corrected chi connectivity index (χ0v) is 14.1. The van der Waals surface area contributed by atoms with Gasteiger partial charge in [0, 0.05) is 37.6 Å². The normalized spacial score (nSPS) is 11.0. The highest BCUT2D eigenvalue weighted by molar-refractivity contribution is 5.70. The molecule has 0 bridgehead atoms. The van der Waals surface area contributed by atoms with E-state index >= 15 is 0 Å². The number of hydrogen-bond acceptors (Lipinski definition) is 4. The molecule has 0 spiro atoms. The van der Waals surface area contributed by atoms with E-state index in [4.69, 9.17) is 0 Å². The van der Waals surface area contributed by atoms with Gasteiger partial charge in [0.1, 0.15) is 17.2 Å². The molecule has 4 rings (SSSR count). The van der Waals surface area contributed by atoms with Crippen LogP contribution in [0.25, 0.3) is 28.0 Å². The maximum absolute atomic E-state index is 9.57. The molecule has 0 aliphatic rings. The Bertz CT molecular complexity index is 1020. The summed E-state index contributed by atoms with van der Waals surface area (Å²) in [4.78, 5) is 11.0. The Labute approximate surface area is 145 Å². The number of anilines is 1. The van der Waals surface area contributed by atoms with Crippen LogP contribution < -0.4 is 4.90 Å². The molecule has 5 nitrogen and oxygen atoms in total. The third-order valence-electron chi connectivity index (χ3n) is 4.16. The first kappa shape index (κ1) is 15.2. The molecule has 124 valence electrons. The first-order chi connectivity index (χ1) is 12.1. The molecule has 1 aromatic carbocycles. The Morgan fingerprint density at radius 3 is 2.24 bits per heavy atom. The molecule has 5 heteroatoms. The summed E-state index contributed by atoms with van der Waals surface area (Å²) >= 11 is 0. The number of hydrogen-bond donors (Lipinski definition) is 1. The third-order valence-corrected chi connectivity index (χ3v) is 4.16. The highest BCUT2D eigenvalue weighted by Gasteiger charge is 2.06. The number of aromatic hydroxyl groups is 1. The van der Waals surface area contributed by atoms with Crippen molar-refractivity contribution in [3.63, 3.8) is 0 Å². The van der Waals surface area contributed by atoms with Crippen molar-refractivity contribution in [3.05, 3.63) is 67.1 Å². The largest absolute Gasteiger partial charge is 0.506 e. The molecule has 3 aromatic heterocycles. The number of aromatic nitrogens is 3. The lowest BCUT2D eigenvalue weighted by Gasteiger charge is -2.11. The van der Waals surface area contributed by atoms with Crippen LogP contribution in [-0.2, 0) is 0 Å². The summed E-state index contributed by atoms with van der Waals surface area (Å²) in [6.07, 6.45) is 5.45. The second-order valence-corrected chi connectivity index (χ2v) is 6.16. The van der Waals surface area contributed by atoms with Crippen LogP contribution in [0.5, 0.6) is 5.75 Å². The molecule has 25 heavy (non-hydrogen) atoms. The Morgan fingerprint density at radius 1 is 0.840 bits per heavy atom. The van der Waals surface area contributed by atoms with E-state index in [9.17, 15) is 5.11 Å². The summed E-state index contributed by atoms with van der Waals surface area (Å²) < 4.78 is 1.82. The van der Waals surface area contributed by atoms with Gasteiger partial charge in [-0.2, -0.15) is 0 Å². The number of fused-ring (bicyclic) bond motifs is 1. The van der Waals surface area contributed by atoms with Crippen LogP contribution in [0.2, 0.25) is 0 Å². The SMILES string of the molecule is CN(C)c1ccc(-c2ccc(-c3cn4cc(O)ccc4n3)cc2)cn1. The van der Waals surface area contributed by atoms with Crippen LogP contribution in [0.1, 0.15) is 0 Å². The van der Waals surface area contributed by atoms with E-state index in [2.05, 4.69) is 40.3 Å². The summed E-state index contributed by atoms with van der Waals surface area (Å²) in [5.41, 5.74) is 4.91. The molecule has 0 aliphatic carbocycles. The predicted molar refractivity (Wildman–Crippen MR) is 99.9 cm³/mol. The van der Waals surface area contributed by atoms with Gasteiger partial charge in [-0.05, 0) is 29.8 Å². The van der Waals surface area contributed by atoms with E-state index in [-0.39, 0.29) is 5.75 Å². The van der Waals surface area contributed by atoms with Crippen molar-refractivity contribution < 1.29 is 5.11 Å². The number of benzene rings is 1. The summed E-state index contributed by atoms with van der Waals surface area (Å²) in [5.74, 6) is 1.16. The molecule has 0 radical (unpaired) electrons. The van der Waals surface area contributed by atoms with Crippen LogP contribution in [0.4, 0.5) is 5.82 Å². The third kappa shape index (κ3) is 2.92. The number of rotatable bonds is 3. The second kappa shape index (κ2) is 5.94. The van der Waals surface area contributed by atoms with Gasteiger partial charge >= 0.3 is 0 Å². The molecular formula is C20H18N4O. The molecule has 0 fully saturated rings. The van der Waals surface area contributed by atoms with Crippen LogP contribution in [0, 0.1) is 0 Å². The monoisotopic (exact) mass is 330 g/mol. The van der Waals surface area contributed by atoms with Crippen molar-refractivity contribution >= 4 is 11.5 Å². The second-order valence-electron chi connectivity index (χ2n) is 6.16. The van der Waals surface area contributed by atoms with Gasteiger partial charge in [0.25, 0.3) is 0 Å². The summed E-state index contributed by atoms with van der Waals surface area (Å²) in [5, 5.41) is 9.57. The van der Waals surface area contributed by atoms with Crippen LogP contribution >= 0.6 is 0 Å². The lowest BCUT2D eigenvalue weighted by molar-refractivity contribution is 0.472. The Balaban J connectivity index is 1.64. The molecule has 4 aromatic rings. The van der Waals surface area contributed by atoms with E-state index in [0.29, 0.717) is 0 Å². The quantitative estimate of drug-likeness (QED) is 0.620. The molecule has 1 N–H and O–H groups in total. The van der Waals surface area contributed by atoms with Gasteiger partial charge in [-0.25, -0.2) is 9.97 Å². The zero-order chi connectivity index (χ0) is 17.4. The molecule has 0 saturated carbocycles. The van der Waals surface area contributed by atoms with E-state index in [0.717, 1.165) is 33.8 Å². The van der Waals surface area contributed by atoms with Gasteiger partial charge in [0.05, 0.1) is 11.9 Å². The fraction of sp³-hybridized carbons (Fsp3) is 0.100. The maximum atomic E-state index is 9.57. The number of nitrogens with zero attached hydrogens (tertiary/aromatic N) is 4. The van der Waals surface area contributed by atoms with Crippen molar-refractivity contribution in [3.8, 4) is 28.1 Å². The van der Waals surface area contributed by atoms with Crippen molar-refractivity contribution in [1.82, 2.24) is 14.4 Å². The van der Waals surface area contributed by atoms with Crippen LogP contribution in [-0.4, -0.2) is 33.6 Å². The average Bonchev–Trinajstić information content (AvgIpc) is 3.05. The summed E-state index contributed by atoms with van der Waals surface area (Å²) in [6.45, 7) is 0. The van der Waals surface area contributed by atoms with Gasteiger partial charge in [0.2, 0.25) is 0 Å². The molecule has 0 saturated heterocycles. The minimum Gasteiger partial charge on any atom is -0.506 e. The lowest BCUT2D eigenvalue weighted by Crippen LogP contribution is -2.09. The Morgan fingerprint density at radius 2 is 1.56 bits per heavy atom. The van der Waals surface area contributed by atoms with E-state index < -0.39 is 0 Å². The average molecular weight is 330 g/mol. The molecule has 3 heterocycles. The standard InChI is InChI=1S/C20H18N4O/c1-23(2)19-9-7-16(11-21-19)14-3-5-15(6-4-14)18-13-24-12-17(25)8-10-20(24)22-18/h3-13,25H,1-2H3. The highest BCUT2D eigenvalue weighted by atomic mass is 16.3. The Kier molecular flexibility index (Phi) is 3.61. The smallest absolute Gasteiger partial charge is 0.137 e. The molecule has 0 amide bonds. The molecular weight excluding hydrogens is 312 g/mol. The molecule has 0 unspecified atom stereocenters. The first-order valence-electron chi connectivity index (χ1n) is 8.02. The van der Waals surface area contributed by atoms with Crippen LogP contribution in [0.3, 0.4) is 0 Å². The predicted octanol–water partition coefficient (Wildman–Crippen LogP) is 3.83. The van der Waals surface area contributed by atoms with Crippen LogP contribution in [0.15, 0.2) is 67.1 Å². The number of pyridine rings is 2. The van der Waals surface area contributed by atoms with Gasteiger partial charge in [0.15, 0.2) is 0 Å². The molecule has 0 aliphatic heterocycles. The summed E-state index contributed by atoms with van der Waals surface area (Å²) in [6, 6.07) is 15.8. The first-order valence-corrected chi connectivity index (χ1v) is 8.02. The fourth-order valence-electron chi connectivity index (χ4n) is 2.77. The maximum Gasteiger partial charge on any atom is 0.137 e. The van der Waals surface area contributed by atoms with E-state index in [1.165, 1.54) is 0 Å². The van der Waals surface area contributed by atoms with Crippen molar-refractivity contribution in [2.24, 2.45) is 0 Å². The minimum absolute atomic E-state index is 0.223. The van der Waals surface area contributed by atoms with Gasteiger partial charge in [-0.15, -0.1) is 0 Å².